The molecule has 2 unspecified atom stereocenters. The second-order valence-electron chi connectivity index (χ2n) is 4.71. The Balaban J connectivity index is 2.93. The van der Waals surface area contributed by atoms with Gasteiger partial charge in [-0.1, -0.05) is 44.9 Å². The molecule has 3 heteroatoms. The van der Waals surface area contributed by atoms with Crippen molar-refractivity contribution in [2.24, 2.45) is 5.92 Å². The van der Waals surface area contributed by atoms with Gasteiger partial charge in [-0.25, -0.2) is 0 Å². The van der Waals surface area contributed by atoms with Crippen LogP contribution in [0.1, 0.15) is 45.2 Å². The molecule has 2 nitrogen and oxygen atoms in total. The summed E-state index contributed by atoms with van der Waals surface area (Å²) in [4.78, 5) is 0. The van der Waals surface area contributed by atoms with Crippen LogP contribution >= 0.6 is 11.6 Å². The highest BCUT2D eigenvalue weighted by atomic mass is 35.5. The van der Waals surface area contributed by atoms with Crippen molar-refractivity contribution in [2.75, 3.05) is 13.7 Å². The molecular formula is C15H24ClNO. The second kappa shape index (κ2) is 7.65. The summed E-state index contributed by atoms with van der Waals surface area (Å²) in [6, 6.07) is 6.42. The topological polar surface area (TPSA) is 21.3 Å². The van der Waals surface area contributed by atoms with E-state index in [1.165, 1.54) is 5.56 Å². The first-order valence-corrected chi connectivity index (χ1v) is 7.08. The van der Waals surface area contributed by atoms with Crippen LogP contribution in [-0.4, -0.2) is 13.7 Å². The Labute approximate surface area is 116 Å². The van der Waals surface area contributed by atoms with Crippen molar-refractivity contribution in [3.8, 4) is 5.75 Å². The van der Waals surface area contributed by atoms with E-state index in [-0.39, 0.29) is 0 Å². The van der Waals surface area contributed by atoms with Crippen molar-refractivity contribution in [1.29, 1.82) is 0 Å². The van der Waals surface area contributed by atoms with Gasteiger partial charge in [-0.2, -0.15) is 0 Å². The fourth-order valence-electron chi connectivity index (χ4n) is 2.06. The Morgan fingerprint density at radius 2 is 2.06 bits per heavy atom. The lowest BCUT2D eigenvalue weighted by Crippen LogP contribution is -2.27. The maximum atomic E-state index is 6.20. The number of methoxy groups -OCH3 is 1. The Hall–Kier alpha value is -0.730. The number of hydrogen-bond donors (Lipinski definition) is 1. The van der Waals surface area contributed by atoms with Gasteiger partial charge < -0.3 is 10.1 Å². The van der Waals surface area contributed by atoms with Crippen molar-refractivity contribution in [2.45, 2.75) is 39.7 Å². The van der Waals surface area contributed by atoms with Crippen LogP contribution in [0.15, 0.2) is 18.2 Å². The number of nitrogens with one attached hydrogen (secondary N) is 1. The number of halogens is 1. The van der Waals surface area contributed by atoms with Crippen LogP contribution in [0.5, 0.6) is 5.75 Å². The summed E-state index contributed by atoms with van der Waals surface area (Å²) in [6.07, 6.45) is 2.28. The van der Waals surface area contributed by atoms with Gasteiger partial charge in [0.25, 0.3) is 0 Å². The first kappa shape index (κ1) is 15.3. The van der Waals surface area contributed by atoms with E-state index in [1.54, 1.807) is 7.11 Å². The monoisotopic (exact) mass is 269 g/mol. The van der Waals surface area contributed by atoms with Gasteiger partial charge in [-0.15, -0.1) is 0 Å². The number of benzene rings is 1. The Morgan fingerprint density at radius 3 is 2.56 bits per heavy atom. The van der Waals surface area contributed by atoms with E-state index in [9.17, 15) is 0 Å². The molecule has 1 aromatic rings. The molecule has 0 spiro atoms. The molecule has 2 atom stereocenters. The maximum Gasteiger partial charge on any atom is 0.137 e. The van der Waals surface area contributed by atoms with Gasteiger partial charge in [0.15, 0.2) is 0 Å². The average Bonchev–Trinajstić information content (AvgIpc) is 2.39. The fourth-order valence-corrected chi connectivity index (χ4v) is 2.33. The van der Waals surface area contributed by atoms with Crippen LogP contribution < -0.4 is 10.1 Å². The second-order valence-corrected chi connectivity index (χ2v) is 5.12. The molecule has 0 heterocycles. The average molecular weight is 270 g/mol. The van der Waals surface area contributed by atoms with Crippen LogP contribution in [0.2, 0.25) is 5.02 Å². The van der Waals surface area contributed by atoms with E-state index in [0.717, 1.165) is 25.1 Å². The largest absolute Gasteiger partial charge is 0.495 e. The summed E-state index contributed by atoms with van der Waals surface area (Å²) < 4.78 is 5.20. The lowest BCUT2D eigenvalue weighted by molar-refractivity contribution is 0.376. The zero-order valence-corrected chi connectivity index (χ0v) is 12.6. The van der Waals surface area contributed by atoms with Crippen LogP contribution in [0.25, 0.3) is 0 Å². The number of ether oxygens (including phenoxy) is 1. The first-order chi connectivity index (χ1) is 8.63. The van der Waals surface area contributed by atoms with Crippen molar-refractivity contribution >= 4 is 11.6 Å². The van der Waals surface area contributed by atoms with E-state index < -0.39 is 0 Å². The van der Waals surface area contributed by atoms with Crippen molar-refractivity contribution in [1.82, 2.24) is 5.32 Å². The Morgan fingerprint density at radius 1 is 1.33 bits per heavy atom. The summed E-state index contributed by atoms with van der Waals surface area (Å²) in [5.41, 5.74) is 1.24. The van der Waals surface area contributed by atoms with Gasteiger partial charge in [-0.05, 0) is 36.6 Å². The smallest absolute Gasteiger partial charge is 0.137 e. The van der Waals surface area contributed by atoms with Crippen LogP contribution in [0, 0.1) is 5.92 Å². The Bertz CT molecular complexity index is 368. The molecule has 0 bridgehead atoms. The highest BCUT2D eigenvalue weighted by molar-refractivity contribution is 6.32. The van der Waals surface area contributed by atoms with E-state index in [0.29, 0.717) is 17.0 Å². The molecule has 0 radical (unpaired) electrons. The van der Waals surface area contributed by atoms with E-state index >= 15 is 0 Å². The molecular weight excluding hydrogens is 246 g/mol. The molecule has 0 aliphatic carbocycles. The molecule has 0 aromatic heterocycles. The van der Waals surface area contributed by atoms with Crippen molar-refractivity contribution < 1.29 is 4.74 Å². The first-order valence-electron chi connectivity index (χ1n) is 6.70. The molecule has 1 aromatic carbocycles. The minimum atomic E-state index is 0.360. The third kappa shape index (κ3) is 3.89. The molecule has 0 saturated carbocycles. The van der Waals surface area contributed by atoms with Crippen LogP contribution in [0.3, 0.4) is 0 Å². The standard InChI is InChI=1S/C15H24ClNO/c1-5-9-17-15(11(3)6-2)12-7-8-14(18-4)13(16)10-12/h7-8,10-11,15,17H,5-6,9H2,1-4H3. The quantitative estimate of drug-likeness (QED) is 0.790. The van der Waals surface area contributed by atoms with Gasteiger partial charge in [0.05, 0.1) is 12.1 Å². The summed E-state index contributed by atoms with van der Waals surface area (Å²) in [5, 5.41) is 4.28. The fraction of sp³-hybridized carbons (Fsp3) is 0.600. The third-order valence-corrected chi connectivity index (χ3v) is 3.66. The van der Waals surface area contributed by atoms with Gasteiger partial charge in [0.2, 0.25) is 0 Å². The molecule has 1 rings (SSSR count). The summed E-state index contributed by atoms with van der Waals surface area (Å²) >= 11 is 6.20. The molecule has 0 saturated heterocycles. The molecule has 18 heavy (non-hydrogen) atoms. The minimum absolute atomic E-state index is 0.360. The van der Waals surface area contributed by atoms with Gasteiger partial charge >= 0.3 is 0 Å². The molecule has 102 valence electrons. The summed E-state index contributed by atoms with van der Waals surface area (Å²) in [6.45, 7) is 7.70. The maximum absolute atomic E-state index is 6.20. The SMILES string of the molecule is CCCNC(c1ccc(OC)c(Cl)c1)C(C)CC. The predicted molar refractivity (Wildman–Crippen MR) is 78.5 cm³/mol. The predicted octanol–water partition coefficient (Wildman–Crippen LogP) is 4.44. The zero-order chi connectivity index (χ0) is 13.5. The van der Waals surface area contributed by atoms with E-state index in [1.807, 2.05) is 12.1 Å². The van der Waals surface area contributed by atoms with Gasteiger partial charge in [-0.3, -0.25) is 0 Å². The van der Waals surface area contributed by atoms with E-state index in [2.05, 4.69) is 32.2 Å². The third-order valence-electron chi connectivity index (χ3n) is 3.36. The van der Waals surface area contributed by atoms with Crippen LogP contribution in [0.4, 0.5) is 0 Å². The summed E-state index contributed by atoms with van der Waals surface area (Å²) in [7, 11) is 1.64. The lowest BCUT2D eigenvalue weighted by Gasteiger charge is -2.25. The van der Waals surface area contributed by atoms with Gasteiger partial charge in [0, 0.05) is 6.04 Å². The highest BCUT2D eigenvalue weighted by Crippen LogP contribution is 2.31. The normalized spacial score (nSPS) is 14.3. The van der Waals surface area contributed by atoms with Crippen molar-refractivity contribution in [3.63, 3.8) is 0 Å². The van der Waals surface area contributed by atoms with Gasteiger partial charge in [0.1, 0.15) is 5.75 Å². The van der Waals surface area contributed by atoms with Crippen LogP contribution in [-0.2, 0) is 0 Å². The molecule has 0 fully saturated rings. The number of hydrogen-bond acceptors (Lipinski definition) is 2. The molecule has 1 N–H and O–H groups in total. The molecule has 0 aliphatic rings. The highest BCUT2D eigenvalue weighted by Gasteiger charge is 2.18. The lowest BCUT2D eigenvalue weighted by atomic mass is 9.92. The molecule has 0 aliphatic heterocycles. The zero-order valence-electron chi connectivity index (χ0n) is 11.8. The summed E-state index contributed by atoms with van der Waals surface area (Å²) in [5.74, 6) is 1.32. The van der Waals surface area contributed by atoms with Crippen molar-refractivity contribution in [3.05, 3.63) is 28.8 Å². The number of rotatable bonds is 7. The Kier molecular flexibility index (Phi) is 6.51. The molecule has 0 amide bonds. The minimum Gasteiger partial charge on any atom is -0.495 e. The van der Waals surface area contributed by atoms with E-state index in [4.69, 9.17) is 16.3 Å².